The minimum absolute atomic E-state index is 0. The van der Waals surface area contributed by atoms with Crippen LogP contribution in [-0.4, -0.2) is 12.6 Å². The van der Waals surface area contributed by atoms with Crippen molar-refractivity contribution >= 4 is 7.32 Å². The van der Waals surface area contributed by atoms with E-state index in [9.17, 15) is 0 Å². The van der Waals surface area contributed by atoms with Crippen LogP contribution in [0.1, 0.15) is 0 Å². The van der Waals surface area contributed by atoms with Gasteiger partial charge in [0.05, 0.1) is 0 Å². The molecular weight excluding hydrogens is 269 g/mol. The zero-order valence-corrected chi connectivity index (χ0v) is 6.75. The van der Waals surface area contributed by atoms with Crippen LogP contribution < -0.4 is 0 Å². The normalized spacial score (nSPS) is 17.6. The van der Waals surface area contributed by atoms with E-state index in [1.807, 2.05) is 0 Å². The molecule has 7 heavy (non-hydrogen) atoms. The first-order valence-electron chi connectivity index (χ1n) is 1.22. The molecular formula is HBHfO5. The maximum Gasteiger partial charge on any atom is 0.729 e. The van der Waals surface area contributed by atoms with Gasteiger partial charge in [0.2, 0.25) is 0 Å². The average molecular weight is 270 g/mol. The molecule has 0 aliphatic carbocycles. The van der Waals surface area contributed by atoms with Crippen molar-refractivity contribution in [3.05, 3.63) is 0 Å². The largest absolute Gasteiger partial charge is 0.729 e. The van der Waals surface area contributed by atoms with Crippen LogP contribution in [-0.2, 0) is 45.3 Å². The van der Waals surface area contributed by atoms with Gasteiger partial charge in [-0.2, -0.15) is 9.61 Å². The van der Waals surface area contributed by atoms with Gasteiger partial charge >= 0.3 is 7.32 Å². The molecule has 38 valence electrons. The fraction of sp³-hybridized carbons (Fsp3) is 0. The van der Waals surface area contributed by atoms with Gasteiger partial charge in [-0.3, -0.25) is 5.26 Å². The fourth-order valence-electron chi connectivity index (χ4n) is 0.106. The summed E-state index contributed by atoms with van der Waals surface area (Å²) in [5.74, 6) is 0. The van der Waals surface area contributed by atoms with Crippen LogP contribution in [0.3, 0.4) is 0 Å². The summed E-state index contributed by atoms with van der Waals surface area (Å²) in [5, 5.41) is 11.2. The second-order valence-corrected chi connectivity index (χ2v) is 0.655. The number of rotatable bonds is 1. The van der Waals surface area contributed by atoms with Gasteiger partial charge in [-0.1, -0.05) is 5.04 Å². The summed E-state index contributed by atoms with van der Waals surface area (Å²) in [6, 6.07) is 0. The van der Waals surface area contributed by atoms with Crippen LogP contribution >= 0.6 is 0 Å². The molecule has 0 bridgehead atoms. The Morgan fingerprint density at radius 1 is 1.43 bits per heavy atom. The van der Waals surface area contributed by atoms with Crippen molar-refractivity contribution in [2.75, 3.05) is 0 Å². The van der Waals surface area contributed by atoms with Crippen molar-refractivity contribution in [1.29, 1.82) is 0 Å². The van der Waals surface area contributed by atoms with Gasteiger partial charge in [0.1, 0.15) is 0 Å². The third-order valence-corrected chi connectivity index (χ3v) is 0.322. The maximum atomic E-state index is 7.56. The smallest absolute Gasteiger partial charge is 0.262 e. The standard InChI is InChI=1S/BHO5.Hf/c2-3-1-4-6-5-1;/h2H;. The SMILES string of the molecule is OOB1OOO1.[Hf]. The number of hydrogen-bond donors (Lipinski definition) is 1. The summed E-state index contributed by atoms with van der Waals surface area (Å²) < 4.78 is 0. The van der Waals surface area contributed by atoms with E-state index in [1.165, 1.54) is 0 Å². The zero-order valence-electron chi connectivity index (χ0n) is 3.16. The van der Waals surface area contributed by atoms with Gasteiger partial charge in [0, 0.05) is 25.8 Å². The Morgan fingerprint density at radius 2 is 2.00 bits per heavy atom. The van der Waals surface area contributed by atoms with E-state index >= 15 is 0 Å². The van der Waals surface area contributed by atoms with Gasteiger partial charge in [-0.05, 0) is 0 Å². The zero-order chi connectivity index (χ0) is 4.41. The second kappa shape index (κ2) is 3.70. The monoisotopic (exact) mass is 272 g/mol. The Bertz CT molecular complexity index is 40.6. The molecule has 1 aliphatic rings. The van der Waals surface area contributed by atoms with Gasteiger partial charge < -0.3 is 0 Å². The van der Waals surface area contributed by atoms with Crippen LogP contribution in [0.15, 0.2) is 0 Å². The van der Waals surface area contributed by atoms with E-state index < -0.39 is 7.32 Å². The third kappa shape index (κ3) is 1.98. The van der Waals surface area contributed by atoms with E-state index in [0.717, 1.165) is 0 Å². The Balaban J connectivity index is 0.000000360. The van der Waals surface area contributed by atoms with Gasteiger partial charge in [-0.25, -0.2) is 4.81 Å². The molecule has 5 nitrogen and oxygen atoms in total. The predicted octanol–water partition coefficient (Wildman–Crippen LogP) is -0.648. The molecule has 0 amide bonds. The minimum atomic E-state index is -1.05. The molecule has 0 spiro atoms. The first-order chi connectivity index (χ1) is 2.93. The Kier molecular flexibility index (Phi) is 4.09. The van der Waals surface area contributed by atoms with Crippen molar-refractivity contribution in [2.24, 2.45) is 0 Å². The molecule has 0 atom stereocenters. The molecule has 0 aromatic carbocycles. The van der Waals surface area contributed by atoms with Crippen LogP contribution in [0.25, 0.3) is 0 Å². The van der Waals surface area contributed by atoms with Gasteiger partial charge in [-0.15, -0.1) is 0 Å². The van der Waals surface area contributed by atoms with Crippen LogP contribution in [0.2, 0.25) is 0 Å². The van der Waals surface area contributed by atoms with Gasteiger partial charge in [0.25, 0.3) is 0 Å². The molecule has 1 N–H and O–H groups in total. The summed E-state index contributed by atoms with van der Waals surface area (Å²) in [7, 11) is -1.05. The summed E-state index contributed by atoms with van der Waals surface area (Å²) in [6.07, 6.45) is 0. The molecule has 0 aromatic heterocycles. The van der Waals surface area contributed by atoms with Crippen LogP contribution in [0.4, 0.5) is 0 Å². The Labute approximate surface area is 58.2 Å². The van der Waals surface area contributed by atoms with Crippen molar-refractivity contribution in [1.82, 2.24) is 0 Å². The van der Waals surface area contributed by atoms with Gasteiger partial charge in [0.15, 0.2) is 0 Å². The first kappa shape index (κ1) is 7.74. The predicted molar refractivity (Wildman–Crippen MR) is 12.7 cm³/mol. The third-order valence-electron chi connectivity index (χ3n) is 0.322. The average Bonchev–Trinajstić information content (AvgIpc) is 1.31. The van der Waals surface area contributed by atoms with E-state index in [0.29, 0.717) is 0 Å². The Morgan fingerprint density at radius 3 is 2.00 bits per heavy atom. The molecule has 0 radical (unpaired) electrons. The second-order valence-electron chi connectivity index (χ2n) is 0.655. The molecule has 0 saturated carbocycles. The topological polar surface area (TPSA) is 57.2 Å². The summed E-state index contributed by atoms with van der Waals surface area (Å²) in [4.78, 5) is 11.2. The van der Waals surface area contributed by atoms with Crippen LogP contribution in [0, 0.1) is 0 Å². The van der Waals surface area contributed by atoms with E-state index in [-0.39, 0.29) is 25.8 Å². The molecule has 0 aromatic rings. The van der Waals surface area contributed by atoms with Crippen molar-refractivity contribution in [3.8, 4) is 0 Å². The molecule has 7 heteroatoms. The molecule has 1 aliphatic heterocycles. The molecule has 1 heterocycles. The minimum Gasteiger partial charge on any atom is -0.262 e. The first-order valence-corrected chi connectivity index (χ1v) is 1.22. The number of hydrogen-bond acceptors (Lipinski definition) is 5. The molecule has 0 unspecified atom stereocenters. The van der Waals surface area contributed by atoms with Crippen molar-refractivity contribution in [3.63, 3.8) is 0 Å². The van der Waals surface area contributed by atoms with Crippen molar-refractivity contribution in [2.45, 2.75) is 0 Å². The van der Waals surface area contributed by atoms with Crippen molar-refractivity contribution < 1.29 is 50.6 Å². The summed E-state index contributed by atoms with van der Waals surface area (Å²) in [5.41, 5.74) is 0. The molecule has 1 rings (SSSR count). The fourth-order valence-corrected chi connectivity index (χ4v) is 0.106. The molecule has 1 saturated heterocycles. The maximum absolute atomic E-state index is 7.56. The van der Waals surface area contributed by atoms with E-state index in [4.69, 9.17) is 5.26 Å². The summed E-state index contributed by atoms with van der Waals surface area (Å²) >= 11 is 0. The van der Waals surface area contributed by atoms with E-state index in [2.05, 4.69) is 19.5 Å². The Hall–Kier alpha value is 0.735. The quantitative estimate of drug-likeness (QED) is 0.390. The summed E-state index contributed by atoms with van der Waals surface area (Å²) in [6.45, 7) is 0. The molecule has 1 fully saturated rings. The van der Waals surface area contributed by atoms with Crippen LogP contribution in [0.5, 0.6) is 0 Å². The van der Waals surface area contributed by atoms with E-state index in [1.54, 1.807) is 0 Å².